The van der Waals surface area contributed by atoms with Crippen molar-refractivity contribution in [3.05, 3.63) is 39.0 Å². The number of halogens is 2. The van der Waals surface area contributed by atoms with Crippen LogP contribution < -0.4 is 11.5 Å². The molecular formula is C18H23Cl2N3. The molecule has 0 aliphatic heterocycles. The fourth-order valence-corrected chi connectivity index (χ4v) is 4.16. The zero-order valence-electron chi connectivity index (χ0n) is 13.2. The second kappa shape index (κ2) is 7.35. The molecule has 23 heavy (non-hydrogen) atoms. The van der Waals surface area contributed by atoms with E-state index >= 15 is 0 Å². The fraction of sp³-hybridized carbons (Fsp3) is 0.500. The number of hydrogen-bond acceptors (Lipinski definition) is 3. The van der Waals surface area contributed by atoms with Gasteiger partial charge in [0.05, 0.1) is 10.5 Å². The van der Waals surface area contributed by atoms with Gasteiger partial charge in [0.1, 0.15) is 0 Å². The van der Waals surface area contributed by atoms with Crippen molar-refractivity contribution in [1.82, 2.24) is 4.98 Å². The molecule has 0 amide bonds. The van der Waals surface area contributed by atoms with Gasteiger partial charge < -0.3 is 11.5 Å². The zero-order valence-corrected chi connectivity index (χ0v) is 14.8. The Labute approximate surface area is 147 Å². The van der Waals surface area contributed by atoms with E-state index in [4.69, 9.17) is 39.7 Å². The molecule has 3 nitrogen and oxygen atoms in total. The summed E-state index contributed by atoms with van der Waals surface area (Å²) in [5, 5.41) is 2.25. The van der Waals surface area contributed by atoms with E-state index in [1.54, 1.807) is 6.07 Å². The van der Waals surface area contributed by atoms with Crippen LogP contribution >= 0.6 is 23.2 Å². The summed E-state index contributed by atoms with van der Waals surface area (Å²) in [6.07, 6.45) is 7.37. The SMILES string of the molecule is NCCCCC(N)c1c2c(nc3cc(Cl)cc(Cl)c13)CCCC2. The second-order valence-electron chi connectivity index (χ2n) is 6.33. The molecule has 5 heteroatoms. The number of fused-ring (bicyclic) bond motifs is 2. The van der Waals surface area contributed by atoms with Crippen LogP contribution in [0.1, 0.15) is 55.0 Å². The number of aromatic nitrogens is 1. The molecule has 0 saturated carbocycles. The number of nitrogens with two attached hydrogens (primary N) is 2. The number of unbranched alkanes of at least 4 members (excludes halogenated alkanes) is 1. The van der Waals surface area contributed by atoms with E-state index in [2.05, 4.69) is 0 Å². The fourth-order valence-electron chi connectivity index (χ4n) is 3.58. The summed E-state index contributed by atoms with van der Waals surface area (Å²) < 4.78 is 0. The molecule has 124 valence electrons. The molecule has 1 aromatic carbocycles. The highest BCUT2D eigenvalue weighted by atomic mass is 35.5. The molecule has 0 radical (unpaired) electrons. The van der Waals surface area contributed by atoms with Crippen molar-refractivity contribution in [2.75, 3.05) is 6.54 Å². The monoisotopic (exact) mass is 351 g/mol. The van der Waals surface area contributed by atoms with Gasteiger partial charge in [0, 0.05) is 22.1 Å². The van der Waals surface area contributed by atoms with E-state index in [9.17, 15) is 0 Å². The molecular weight excluding hydrogens is 329 g/mol. The summed E-state index contributed by atoms with van der Waals surface area (Å²) in [6.45, 7) is 0.707. The number of benzene rings is 1. The van der Waals surface area contributed by atoms with Gasteiger partial charge in [0.25, 0.3) is 0 Å². The van der Waals surface area contributed by atoms with E-state index in [0.717, 1.165) is 43.0 Å². The molecule has 1 atom stereocenters. The molecule has 0 bridgehead atoms. The lowest BCUT2D eigenvalue weighted by atomic mass is 9.85. The Hall–Kier alpha value is -0.870. The number of pyridine rings is 1. The summed E-state index contributed by atoms with van der Waals surface area (Å²) in [7, 11) is 0. The Morgan fingerprint density at radius 2 is 1.91 bits per heavy atom. The van der Waals surface area contributed by atoms with Crippen LogP contribution in [-0.2, 0) is 12.8 Å². The van der Waals surface area contributed by atoms with Gasteiger partial charge in [0.2, 0.25) is 0 Å². The Balaban J connectivity index is 2.15. The lowest BCUT2D eigenvalue weighted by Gasteiger charge is -2.25. The van der Waals surface area contributed by atoms with Crippen molar-refractivity contribution >= 4 is 34.1 Å². The van der Waals surface area contributed by atoms with Crippen LogP contribution in [0.4, 0.5) is 0 Å². The first-order valence-electron chi connectivity index (χ1n) is 8.38. The first-order valence-corrected chi connectivity index (χ1v) is 9.13. The summed E-state index contributed by atoms with van der Waals surface area (Å²) in [4.78, 5) is 4.83. The van der Waals surface area contributed by atoms with Crippen molar-refractivity contribution in [2.24, 2.45) is 11.5 Å². The number of rotatable bonds is 5. The number of hydrogen-bond donors (Lipinski definition) is 2. The molecule has 0 fully saturated rings. The minimum atomic E-state index is -0.0300. The van der Waals surface area contributed by atoms with E-state index in [-0.39, 0.29) is 6.04 Å². The molecule has 1 aliphatic rings. The quantitative estimate of drug-likeness (QED) is 0.776. The molecule has 1 unspecified atom stereocenters. The van der Waals surface area contributed by atoms with E-state index in [1.165, 1.54) is 29.7 Å². The van der Waals surface area contributed by atoms with Crippen molar-refractivity contribution in [3.63, 3.8) is 0 Å². The minimum absolute atomic E-state index is 0.0300. The standard InChI is InChI=1S/C18H23Cl2N3/c19-11-9-13(20)18-16(10-11)23-15-7-2-1-5-12(15)17(18)14(22)6-3-4-8-21/h9-10,14H,1-8,21-22H2. The van der Waals surface area contributed by atoms with Crippen LogP contribution in [0.25, 0.3) is 10.9 Å². The van der Waals surface area contributed by atoms with Crippen LogP contribution in [-0.4, -0.2) is 11.5 Å². The third-order valence-electron chi connectivity index (χ3n) is 4.66. The van der Waals surface area contributed by atoms with Crippen LogP contribution in [0.15, 0.2) is 12.1 Å². The average Bonchev–Trinajstić information content (AvgIpc) is 2.52. The molecule has 1 aromatic heterocycles. The molecule has 3 rings (SSSR count). The molecule has 1 heterocycles. The number of aryl methyl sites for hydroxylation is 1. The Morgan fingerprint density at radius 3 is 2.70 bits per heavy atom. The van der Waals surface area contributed by atoms with Crippen molar-refractivity contribution in [3.8, 4) is 0 Å². The summed E-state index contributed by atoms with van der Waals surface area (Å²) in [5.41, 5.74) is 16.7. The van der Waals surface area contributed by atoms with Crippen molar-refractivity contribution in [2.45, 2.75) is 51.0 Å². The largest absolute Gasteiger partial charge is 0.330 e. The van der Waals surface area contributed by atoms with Gasteiger partial charge in [0.15, 0.2) is 0 Å². The maximum absolute atomic E-state index is 6.57. The second-order valence-corrected chi connectivity index (χ2v) is 7.17. The highest BCUT2D eigenvalue weighted by Crippen LogP contribution is 2.38. The van der Waals surface area contributed by atoms with Crippen LogP contribution in [0, 0.1) is 0 Å². The van der Waals surface area contributed by atoms with Gasteiger partial charge in [-0.05, 0) is 68.3 Å². The number of nitrogens with zero attached hydrogens (tertiary/aromatic N) is 1. The van der Waals surface area contributed by atoms with Gasteiger partial charge >= 0.3 is 0 Å². The summed E-state index contributed by atoms with van der Waals surface area (Å²) in [5.74, 6) is 0. The summed E-state index contributed by atoms with van der Waals surface area (Å²) >= 11 is 12.7. The van der Waals surface area contributed by atoms with Crippen molar-refractivity contribution in [1.29, 1.82) is 0 Å². The summed E-state index contributed by atoms with van der Waals surface area (Å²) in [6, 6.07) is 3.66. The maximum Gasteiger partial charge on any atom is 0.0738 e. The van der Waals surface area contributed by atoms with Gasteiger partial charge in [-0.3, -0.25) is 4.98 Å². The third-order valence-corrected chi connectivity index (χ3v) is 5.18. The topological polar surface area (TPSA) is 64.9 Å². The smallest absolute Gasteiger partial charge is 0.0738 e. The lowest BCUT2D eigenvalue weighted by Crippen LogP contribution is -2.18. The molecule has 1 aliphatic carbocycles. The highest BCUT2D eigenvalue weighted by Gasteiger charge is 2.23. The van der Waals surface area contributed by atoms with Gasteiger partial charge in [-0.15, -0.1) is 0 Å². The molecule has 4 N–H and O–H groups in total. The first kappa shape index (κ1) is 17.0. The van der Waals surface area contributed by atoms with Crippen LogP contribution in [0.5, 0.6) is 0 Å². The molecule has 2 aromatic rings. The van der Waals surface area contributed by atoms with E-state index in [0.29, 0.717) is 16.6 Å². The Morgan fingerprint density at radius 1 is 1.13 bits per heavy atom. The van der Waals surface area contributed by atoms with Gasteiger partial charge in [-0.1, -0.05) is 29.6 Å². The third kappa shape index (κ3) is 3.48. The van der Waals surface area contributed by atoms with Crippen LogP contribution in [0.3, 0.4) is 0 Å². The average molecular weight is 352 g/mol. The van der Waals surface area contributed by atoms with E-state index < -0.39 is 0 Å². The lowest BCUT2D eigenvalue weighted by molar-refractivity contribution is 0.579. The molecule has 0 saturated heterocycles. The van der Waals surface area contributed by atoms with Gasteiger partial charge in [-0.2, -0.15) is 0 Å². The molecule has 0 spiro atoms. The zero-order chi connectivity index (χ0) is 16.4. The predicted molar refractivity (Wildman–Crippen MR) is 98.2 cm³/mol. The Kier molecular flexibility index (Phi) is 5.42. The highest BCUT2D eigenvalue weighted by molar-refractivity contribution is 6.38. The first-order chi connectivity index (χ1) is 11.1. The van der Waals surface area contributed by atoms with E-state index in [1.807, 2.05) is 6.07 Å². The maximum atomic E-state index is 6.57. The minimum Gasteiger partial charge on any atom is -0.330 e. The Bertz CT molecular complexity index is 715. The van der Waals surface area contributed by atoms with Crippen LogP contribution in [0.2, 0.25) is 10.0 Å². The van der Waals surface area contributed by atoms with Crippen molar-refractivity contribution < 1.29 is 0 Å². The predicted octanol–water partition coefficient (Wildman–Crippen LogP) is 4.55. The normalized spacial score (nSPS) is 15.7. The van der Waals surface area contributed by atoms with Gasteiger partial charge in [-0.25, -0.2) is 0 Å².